The van der Waals surface area contributed by atoms with E-state index < -0.39 is 5.82 Å². The highest BCUT2D eigenvalue weighted by atomic mass is 19.1. The summed E-state index contributed by atoms with van der Waals surface area (Å²) in [5.41, 5.74) is 3.73. The first kappa shape index (κ1) is 19.3. The predicted molar refractivity (Wildman–Crippen MR) is 114 cm³/mol. The summed E-state index contributed by atoms with van der Waals surface area (Å²) >= 11 is 0. The van der Waals surface area contributed by atoms with Gasteiger partial charge in [-0.3, -0.25) is 9.78 Å². The molecule has 3 aromatic rings. The lowest BCUT2D eigenvalue weighted by Gasteiger charge is -2.22. The van der Waals surface area contributed by atoms with Crippen molar-refractivity contribution in [2.24, 2.45) is 5.92 Å². The normalized spacial score (nSPS) is 17.6. The quantitative estimate of drug-likeness (QED) is 0.653. The van der Waals surface area contributed by atoms with Crippen molar-refractivity contribution in [1.29, 1.82) is 0 Å². The highest BCUT2D eigenvalue weighted by molar-refractivity contribution is 6.00. The number of fused-ring (bicyclic) bond motifs is 1. The van der Waals surface area contributed by atoms with Crippen LogP contribution in [-0.2, 0) is 0 Å². The van der Waals surface area contributed by atoms with Gasteiger partial charge in [-0.15, -0.1) is 0 Å². The second kappa shape index (κ2) is 7.54. The monoisotopic (exact) mass is 416 g/mol. The van der Waals surface area contributed by atoms with Crippen molar-refractivity contribution in [3.63, 3.8) is 0 Å². The van der Waals surface area contributed by atoms with Crippen LogP contribution in [0.5, 0.6) is 0 Å². The van der Waals surface area contributed by atoms with Crippen LogP contribution in [0.25, 0.3) is 11.4 Å². The van der Waals surface area contributed by atoms with Gasteiger partial charge in [0.1, 0.15) is 5.82 Å². The predicted octanol–water partition coefficient (Wildman–Crippen LogP) is 3.17. The molecule has 2 aliphatic heterocycles. The largest absolute Gasteiger partial charge is 0.334 e. The van der Waals surface area contributed by atoms with Crippen molar-refractivity contribution in [2.45, 2.75) is 13.8 Å². The summed E-state index contributed by atoms with van der Waals surface area (Å²) in [5.74, 6) is 0.810. The molecule has 0 saturated carbocycles. The number of hydrogen-bond donors (Lipinski definition) is 0. The maximum Gasteiger partial charge on any atom is 0.255 e. The van der Waals surface area contributed by atoms with Gasteiger partial charge in [-0.2, -0.15) is 0 Å². The van der Waals surface area contributed by atoms with Gasteiger partial charge in [0.2, 0.25) is 0 Å². The number of nitrogens with zero attached hydrogens (tertiary/aromatic N) is 6. The van der Waals surface area contributed by atoms with Gasteiger partial charge in [0, 0.05) is 55.9 Å². The molecular formula is C23H21FN6O. The summed E-state index contributed by atoms with van der Waals surface area (Å²) in [6, 6.07) is 5.87. The van der Waals surface area contributed by atoms with E-state index in [0.29, 0.717) is 24.5 Å². The summed E-state index contributed by atoms with van der Waals surface area (Å²) in [7, 11) is 0. The van der Waals surface area contributed by atoms with Gasteiger partial charge in [-0.1, -0.05) is 0 Å². The number of hydrogen-bond acceptors (Lipinski definition) is 6. The van der Waals surface area contributed by atoms with Crippen molar-refractivity contribution >= 4 is 11.7 Å². The number of likely N-dealkylation sites (tertiary alicyclic amines) is 1. The van der Waals surface area contributed by atoms with Crippen LogP contribution in [0.2, 0.25) is 0 Å². The van der Waals surface area contributed by atoms with Gasteiger partial charge in [0.25, 0.3) is 5.91 Å². The Kier molecular flexibility index (Phi) is 4.69. The number of amides is 1. The maximum absolute atomic E-state index is 14.0. The molecule has 8 heteroatoms. The maximum atomic E-state index is 14.0. The van der Waals surface area contributed by atoms with Crippen LogP contribution in [0.3, 0.4) is 0 Å². The van der Waals surface area contributed by atoms with E-state index in [1.54, 1.807) is 35.6 Å². The molecule has 156 valence electrons. The summed E-state index contributed by atoms with van der Waals surface area (Å²) < 4.78 is 14.0. The Hall–Kier alpha value is -3.68. The lowest BCUT2D eigenvalue weighted by atomic mass is 10.0. The zero-order chi connectivity index (χ0) is 21.5. The van der Waals surface area contributed by atoms with Crippen LogP contribution in [-0.4, -0.2) is 50.4 Å². The van der Waals surface area contributed by atoms with E-state index in [9.17, 15) is 9.18 Å². The molecule has 4 heterocycles. The summed E-state index contributed by atoms with van der Waals surface area (Å²) in [5, 5.41) is 0. The zero-order valence-electron chi connectivity index (χ0n) is 17.3. The van der Waals surface area contributed by atoms with Crippen LogP contribution >= 0.6 is 0 Å². The lowest BCUT2D eigenvalue weighted by Crippen LogP contribution is -2.32. The Morgan fingerprint density at radius 1 is 1.13 bits per heavy atom. The third kappa shape index (κ3) is 3.54. The van der Waals surface area contributed by atoms with Crippen molar-refractivity contribution < 1.29 is 9.18 Å². The molecule has 1 amide bonds. The van der Waals surface area contributed by atoms with Crippen LogP contribution in [0.1, 0.15) is 21.7 Å². The average molecular weight is 416 g/mol. The molecule has 2 aromatic heterocycles. The van der Waals surface area contributed by atoms with Crippen molar-refractivity contribution in [1.82, 2.24) is 24.8 Å². The number of aryl methyl sites for hydroxylation is 2. The molecule has 7 nitrogen and oxygen atoms in total. The van der Waals surface area contributed by atoms with Crippen LogP contribution < -0.4 is 4.90 Å². The van der Waals surface area contributed by atoms with E-state index in [-0.39, 0.29) is 17.4 Å². The number of rotatable bonds is 3. The first-order valence-electron chi connectivity index (χ1n) is 10.1. The minimum atomic E-state index is -0.457. The van der Waals surface area contributed by atoms with Crippen molar-refractivity contribution in [3.05, 3.63) is 77.4 Å². The number of anilines is 1. The summed E-state index contributed by atoms with van der Waals surface area (Å²) in [6.07, 6.45) is 7.04. The molecule has 31 heavy (non-hydrogen) atoms. The van der Waals surface area contributed by atoms with Gasteiger partial charge in [-0.25, -0.2) is 19.3 Å². The van der Waals surface area contributed by atoms with E-state index in [4.69, 9.17) is 0 Å². The molecule has 2 aliphatic rings. The molecule has 5 rings (SSSR count). The minimum absolute atomic E-state index is 0.213. The van der Waals surface area contributed by atoms with Crippen molar-refractivity contribution in [3.8, 4) is 11.4 Å². The standard InChI is InChI=1S/C23H21FN6O/c1-14-9-27-15(2)22(28-14)29-10-16-12-30(13-17(16)11-29)23(31)20-8-18(24)4-5-19(20)21-25-6-3-7-26-21/h3-10,17H,11-13H2,1-2H3. The summed E-state index contributed by atoms with van der Waals surface area (Å²) in [4.78, 5) is 34.7. The van der Waals surface area contributed by atoms with Crippen LogP contribution in [0, 0.1) is 25.6 Å². The van der Waals surface area contributed by atoms with Crippen LogP contribution in [0.15, 0.2) is 54.6 Å². The van der Waals surface area contributed by atoms with E-state index >= 15 is 0 Å². The molecule has 0 spiro atoms. The fourth-order valence-electron chi connectivity index (χ4n) is 4.20. The number of carbonyl (C=O) groups is 1. The molecule has 0 radical (unpaired) electrons. The van der Waals surface area contributed by atoms with Crippen LogP contribution in [0.4, 0.5) is 10.2 Å². The smallest absolute Gasteiger partial charge is 0.255 e. The highest BCUT2D eigenvalue weighted by Crippen LogP contribution is 2.34. The Morgan fingerprint density at radius 3 is 2.71 bits per heavy atom. The van der Waals surface area contributed by atoms with Gasteiger partial charge < -0.3 is 9.80 Å². The van der Waals surface area contributed by atoms with E-state index in [2.05, 4.69) is 31.0 Å². The second-order valence-electron chi connectivity index (χ2n) is 7.92. The molecule has 0 bridgehead atoms. The topological polar surface area (TPSA) is 75.1 Å². The first-order chi connectivity index (χ1) is 15.0. The van der Waals surface area contributed by atoms with E-state index in [0.717, 1.165) is 23.8 Å². The Morgan fingerprint density at radius 2 is 1.94 bits per heavy atom. The Bertz CT molecular complexity index is 1200. The molecule has 1 fully saturated rings. The zero-order valence-corrected chi connectivity index (χ0v) is 17.3. The average Bonchev–Trinajstić information content (AvgIpc) is 3.35. The third-order valence-corrected chi connectivity index (χ3v) is 5.71. The second-order valence-corrected chi connectivity index (χ2v) is 7.92. The number of aromatic nitrogens is 4. The van der Waals surface area contributed by atoms with E-state index in [1.165, 1.54) is 17.7 Å². The molecule has 1 atom stereocenters. The number of halogens is 1. The first-order valence-corrected chi connectivity index (χ1v) is 10.1. The number of benzene rings is 1. The van der Waals surface area contributed by atoms with E-state index in [1.807, 2.05) is 13.8 Å². The molecule has 1 aromatic carbocycles. The van der Waals surface area contributed by atoms with Gasteiger partial charge in [0.15, 0.2) is 11.6 Å². The number of carbonyl (C=O) groups excluding carboxylic acids is 1. The Balaban J connectivity index is 1.40. The van der Waals surface area contributed by atoms with Gasteiger partial charge in [-0.05, 0) is 43.7 Å². The summed E-state index contributed by atoms with van der Waals surface area (Å²) in [6.45, 7) is 5.69. The fourth-order valence-corrected chi connectivity index (χ4v) is 4.20. The van der Waals surface area contributed by atoms with Gasteiger partial charge in [0.05, 0.1) is 17.0 Å². The minimum Gasteiger partial charge on any atom is -0.334 e. The highest BCUT2D eigenvalue weighted by Gasteiger charge is 2.37. The molecule has 1 saturated heterocycles. The molecule has 0 aliphatic carbocycles. The SMILES string of the molecule is Cc1cnc(C)c(N2C=C3CN(C(=O)c4cc(F)ccc4-c4ncccn4)CC3C2)n1. The molecular weight excluding hydrogens is 395 g/mol. The third-order valence-electron chi connectivity index (χ3n) is 5.71. The molecule has 0 N–H and O–H groups in total. The lowest BCUT2D eigenvalue weighted by molar-refractivity contribution is 0.0789. The van der Waals surface area contributed by atoms with Crippen molar-refractivity contribution in [2.75, 3.05) is 24.5 Å². The Labute approximate surface area is 179 Å². The fraction of sp³-hybridized carbons (Fsp3) is 0.261. The molecule has 1 unspecified atom stereocenters. The van der Waals surface area contributed by atoms with Gasteiger partial charge >= 0.3 is 0 Å².